The van der Waals surface area contributed by atoms with E-state index in [4.69, 9.17) is 10.5 Å². The number of rotatable bonds is 1. The molecule has 0 radical (unpaired) electrons. The third-order valence-electron chi connectivity index (χ3n) is 5.08. The molecule has 1 aliphatic carbocycles. The van der Waals surface area contributed by atoms with Crippen LogP contribution in [-0.4, -0.2) is 5.60 Å². The van der Waals surface area contributed by atoms with Gasteiger partial charge in [0.1, 0.15) is 11.4 Å². The molecule has 1 atom stereocenters. The molecule has 1 spiro atoms. The zero-order valence-corrected chi connectivity index (χ0v) is 12.1. The Morgan fingerprint density at radius 1 is 1.32 bits per heavy atom. The second kappa shape index (κ2) is 4.82. The molecule has 0 unspecified atom stereocenters. The van der Waals surface area contributed by atoms with Gasteiger partial charge in [0.05, 0.1) is 0 Å². The molecule has 1 fully saturated rings. The van der Waals surface area contributed by atoms with Crippen LogP contribution < -0.4 is 10.5 Å². The normalized spacial score (nSPS) is 33.8. The van der Waals surface area contributed by atoms with Gasteiger partial charge in [-0.3, -0.25) is 0 Å². The van der Waals surface area contributed by atoms with Crippen LogP contribution in [0.15, 0.2) is 18.2 Å². The van der Waals surface area contributed by atoms with Crippen LogP contribution in [0.1, 0.15) is 62.6 Å². The van der Waals surface area contributed by atoms with Crippen molar-refractivity contribution >= 4 is 0 Å². The highest BCUT2D eigenvalue weighted by Gasteiger charge is 2.42. The summed E-state index contributed by atoms with van der Waals surface area (Å²) >= 11 is 0. The van der Waals surface area contributed by atoms with Crippen LogP contribution in [0.25, 0.3) is 0 Å². The number of nitrogens with two attached hydrogens (primary N) is 1. The predicted molar refractivity (Wildman–Crippen MR) is 78.3 cm³/mol. The van der Waals surface area contributed by atoms with Crippen LogP contribution in [0, 0.1) is 12.8 Å². The maximum absolute atomic E-state index is 6.41. The van der Waals surface area contributed by atoms with E-state index in [1.54, 1.807) is 0 Å². The summed E-state index contributed by atoms with van der Waals surface area (Å²) in [5, 5.41) is 0. The first-order valence-corrected chi connectivity index (χ1v) is 7.67. The highest BCUT2D eigenvalue weighted by Crippen LogP contribution is 2.46. The van der Waals surface area contributed by atoms with E-state index in [0.717, 1.165) is 18.1 Å². The summed E-state index contributed by atoms with van der Waals surface area (Å²) < 4.78 is 6.40. The molecule has 19 heavy (non-hydrogen) atoms. The van der Waals surface area contributed by atoms with E-state index in [9.17, 15) is 0 Å². The number of ether oxygens (including phenoxy) is 1. The molecule has 0 saturated heterocycles. The lowest BCUT2D eigenvalue weighted by molar-refractivity contribution is -0.0109. The van der Waals surface area contributed by atoms with Crippen molar-refractivity contribution in [2.45, 2.75) is 64.0 Å². The van der Waals surface area contributed by atoms with Crippen molar-refractivity contribution in [1.29, 1.82) is 0 Å². The summed E-state index contributed by atoms with van der Waals surface area (Å²) in [6, 6.07) is 6.56. The largest absolute Gasteiger partial charge is 0.487 e. The van der Waals surface area contributed by atoms with Gasteiger partial charge in [-0.1, -0.05) is 31.0 Å². The zero-order valence-electron chi connectivity index (χ0n) is 12.1. The Kier molecular flexibility index (Phi) is 3.30. The molecule has 104 valence electrons. The maximum atomic E-state index is 6.41. The number of hydrogen-bond donors (Lipinski definition) is 1. The van der Waals surface area contributed by atoms with Crippen LogP contribution in [-0.2, 0) is 0 Å². The molecular weight excluding hydrogens is 234 g/mol. The van der Waals surface area contributed by atoms with Gasteiger partial charge >= 0.3 is 0 Å². The minimum atomic E-state index is 0.0212. The second-order valence-corrected chi connectivity index (χ2v) is 6.49. The van der Waals surface area contributed by atoms with Crippen LogP contribution in [0.3, 0.4) is 0 Å². The smallest absolute Gasteiger partial charge is 0.124 e. The fraction of sp³-hybridized carbons (Fsp3) is 0.647. The maximum Gasteiger partial charge on any atom is 0.124 e. The van der Waals surface area contributed by atoms with Gasteiger partial charge in [0.2, 0.25) is 0 Å². The van der Waals surface area contributed by atoms with E-state index < -0.39 is 0 Å². The number of hydrogen-bond acceptors (Lipinski definition) is 2. The summed E-state index contributed by atoms with van der Waals surface area (Å²) in [4.78, 5) is 0. The molecule has 1 aliphatic heterocycles. The number of aryl methyl sites for hydroxylation is 1. The molecule has 1 heterocycles. The lowest BCUT2D eigenvalue weighted by atomic mass is 9.73. The minimum Gasteiger partial charge on any atom is -0.487 e. The molecule has 3 rings (SSSR count). The molecule has 1 saturated carbocycles. The molecule has 0 bridgehead atoms. The van der Waals surface area contributed by atoms with Gasteiger partial charge in [-0.2, -0.15) is 0 Å². The van der Waals surface area contributed by atoms with E-state index in [1.807, 2.05) is 0 Å². The first kappa shape index (κ1) is 13.0. The third kappa shape index (κ3) is 2.38. The summed E-state index contributed by atoms with van der Waals surface area (Å²) in [6.45, 7) is 4.41. The van der Waals surface area contributed by atoms with Crippen LogP contribution in [0.5, 0.6) is 5.75 Å². The lowest BCUT2D eigenvalue weighted by Gasteiger charge is -2.45. The lowest BCUT2D eigenvalue weighted by Crippen LogP contribution is -2.45. The predicted octanol–water partition coefficient (Wildman–Crippen LogP) is 4.12. The van der Waals surface area contributed by atoms with Crippen molar-refractivity contribution in [2.24, 2.45) is 11.7 Å². The van der Waals surface area contributed by atoms with E-state index in [2.05, 4.69) is 32.0 Å². The Bertz CT molecular complexity index is 460. The summed E-state index contributed by atoms with van der Waals surface area (Å²) in [5.41, 5.74) is 8.89. The molecule has 2 N–H and O–H groups in total. The van der Waals surface area contributed by atoms with Crippen molar-refractivity contribution < 1.29 is 4.74 Å². The van der Waals surface area contributed by atoms with Gasteiger partial charge in [0.25, 0.3) is 0 Å². The average Bonchev–Trinajstić information content (AvgIpc) is 2.41. The van der Waals surface area contributed by atoms with Crippen molar-refractivity contribution in [1.82, 2.24) is 0 Å². The fourth-order valence-electron chi connectivity index (χ4n) is 3.75. The van der Waals surface area contributed by atoms with Gasteiger partial charge in [0.15, 0.2) is 0 Å². The quantitative estimate of drug-likeness (QED) is 0.823. The monoisotopic (exact) mass is 259 g/mol. The van der Waals surface area contributed by atoms with Gasteiger partial charge in [0, 0.05) is 18.0 Å². The molecular formula is C17H25NO. The van der Waals surface area contributed by atoms with Gasteiger partial charge in [-0.25, -0.2) is 0 Å². The molecule has 2 nitrogen and oxygen atoms in total. The molecule has 2 heteroatoms. The van der Waals surface area contributed by atoms with E-state index in [-0.39, 0.29) is 11.6 Å². The Morgan fingerprint density at radius 2 is 2.05 bits per heavy atom. The SMILES string of the molecule is CCC1CCC2(CC1)C[C@@H](N)c1cc(C)ccc1O2. The van der Waals surface area contributed by atoms with Crippen molar-refractivity contribution in [3.8, 4) is 5.75 Å². The van der Waals surface area contributed by atoms with Gasteiger partial charge in [-0.05, 0) is 44.6 Å². The zero-order chi connectivity index (χ0) is 13.5. The molecule has 0 aromatic heterocycles. The molecule has 1 aromatic rings. The summed E-state index contributed by atoms with van der Waals surface area (Å²) in [6.07, 6.45) is 7.23. The van der Waals surface area contributed by atoms with Crippen LogP contribution in [0.2, 0.25) is 0 Å². The fourth-order valence-corrected chi connectivity index (χ4v) is 3.75. The number of benzene rings is 1. The van der Waals surface area contributed by atoms with Crippen LogP contribution >= 0.6 is 0 Å². The van der Waals surface area contributed by atoms with Crippen molar-refractivity contribution in [2.75, 3.05) is 0 Å². The highest BCUT2D eigenvalue weighted by molar-refractivity contribution is 5.41. The van der Waals surface area contributed by atoms with E-state index in [0.29, 0.717) is 0 Å². The Balaban J connectivity index is 1.83. The standard InChI is InChI=1S/C17H25NO/c1-3-13-6-8-17(9-7-13)11-15(18)14-10-12(2)4-5-16(14)19-17/h4-5,10,13,15H,3,6-9,11,18H2,1-2H3/t13?,15-,17?/m1/s1. The van der Waals surface area contributed by atoms with Crippen LogP contribution in [0.4, 0.5) is 0 Å². The van der Waals surface area contributed by atoms with E-state index in [1.165, 1.54) is 43.2 Å². The number of fused-ring (bicyclic) bond motifs is 1. The molecule has 2 aliphatic rings. The minimum absolute atomic E-state index is 0.0212. The highest BCUT2D eigenvalue weighted by atomic mass is 16.5. The summed E-state index contributed by atoms with van der Waals surface area (Å²) in [7, 11) is 0. The molecule has 1 aromatic carbocycles. The average molecular weight is 259 g/mol. The third-order valence-corrected chi connectivity index (χ3v) is 5.08. The van der Waals surface area contributed by atoms with Crippen molar-refractivity contribution in [3.63, 3.8) is 0 Å². The Morgan fingerprint density at radius 3 is 2.74 bits per heavy atom. The summed E-state index contributed by atoms with van der Waals surface area (Å²) in [5.74, 6) is 1.92. The Hall–Kier alpha value is -1.02. The van der Waals surface area contributed by atoms with Gasteiger partial charge in [-0.15, -0.1) is 0 Å². The van der Waals surface area contributed by atoms with Crippen molar-refractivity contribution in [3.05, 3.63) is 29.3 Å². The van der Waals surface area contributed by atoms with Gasteiger partial charge < -0.3 is 10.5 Å². The Labute approximate surface area is 116 Å². The topological polar surface area (TPSA) is 35.2 Å². The first-order valence-electron chi connectivity index (χ1n) is 7.67. The first-order chi connectivity index (χ1) is 9.12. The van der Waals surface area contributed by atoms with E-state index >= 15 is 0 Å². The molecule has 0 amide bonds. The second-order valence-electron chi connectivity index (χ2n) is 6.49.